The Balaban J connectivity index is 2.37. The molecular formula is C13H16ClFN2. The van der Waals surface area contributed by atoms with Crippen molar-refractivity contribution in [3.8, 4) is 6.07 Å². The van der Waals surface area contributed by atoms with Crippen LogP contribution >= 0.6 is 11.6 Å². The number of hydrogen-bond donors (Lipinski definition) is 1. The van der Waals surface area contributed by atoms with E-state index in [2.05, 4.69) is 11.4 Å². The van der Waals surface area contributed by atoms with Crippen molar-refractivity contribution in [3.63, 3.8) is 0 Å². The van der Waals surface area contributed by atoms with Gasteiger partial charge in [0.25, 0.3) is 0 Å². The fraction of sp³-hybridized carbons (Fsp3) is 0.462. The molecule has 0 atom stereocenters. The van der Waals surface area contributed by atoms with Gasteiger partial charge >= 0.3 is 0 Å². The minimum atomic E-state index is -0.402. The third-order valence-electron chi connectivity index (χ3n) is 2.54. The van der Waals surface area contributed by atoms with Gasteiger partial charge in [-0.25, -0.2) is 4.39 Å². The zero-order valence-corrected chi connectivity index (χ0v) is 10.8. The van der Waals surface area contributed by atoms with E-state index in [1.54, 1.807) is 12.1 Å². The zero-order chi connectivity index (χ0) is 12.9. The second-order valence-corrected chi connectivity index (χ2v) is 5.08. The maximum atomic E-state index is 12.9. The van der Waals surface area contributed by atoms with Crippen molar-refractivity contribution in [3.05, 3.63) is 34.6 Å². The van der Waals surface area contributed by atoms with Crippen LogP contribution in [0, 0.1) is 22.6 Å². The lowest BCUT2D eigenvalue weighted by molar-refractivity contribution is 0.432. The summed E-state index contributed by atoms with van der Waals surface area (Å²) in [7, 11) is 0. The fourth-order valence-electron chi connectivity index (χ4n) is 1.34. The molecule has 0 spiro atoms. The summed E-state index contributed by atoms with van der Waals surface area (Å²) in [5.41, 5.74) is 0.624. The summed E-state index contributed by atoms with van der Waals surface area (Å²) >= 11 is 5.68. The van der Waals surface area contributed by atoms with E-state index in [-0.39, 0.29) is 10.4 Å². The number of benzene rings is 1. The van der Waals surface area contributed by atoms with Gasteiger partial charge in [-0.1, -0.05) is 17.7 Å². The summed E-state index contributed by atoms with van der Waals surface area (Å²) in [6.07, 6.45) is 0.776. The average molecular weight is 255 g/mol. The molecule has 1 rings (SSSR count). The van der Waals surface area contributed by atoms with Crippen LogP contribution in [0.15, 0.2) is 18.2 Å². The SMILES string of the molecule is CC(C)(C#N)CCNCc1ccc(F)c(Cl)c1. The molecule has 17 heavy (non-hydrogen) atoms. The van der Waals surface area contributed by atoms with Gasteiger partial charge in [0.05, 0.1) is 16.5 Å². The van der Waals surface area contributed by atoms with Crippen LogP contribution in [-0.2, 0) is 6.54 Å². The Morgan fingerprint density at radius 1 is 1.47 bits per heavy atom. The number of halogens is 2. The first-order valence-electron chi connectivity index (χ1n) is 5.50. The van der Waals surface area contributed by atoms with E-state index in [4.69, 9.17) is 16.9 Å². The molecule has 1 aromatic carbocycles. The molecule has 1 N–H and O–H groups in total. The van der Waals surface area contributed by atoms with Gasteiger partial charge in [-0.05, 0) is 44.5 Å². The molecule has 0 amide bonds. The zero-order valence-electron chi connectivity index (χ0n) is 10.1. The third-order valence-corrected chi connectivity index (χ3v) is 2.83. The van der Waals surface area contributed by atoms with E-state index in [1.165, 1.54) is 6.07 Å². The Bertz CT molecular complexity index is 424. The molecule has 0 aliphatic rings. The van der Waals surface area contributed by atoms with Crippen LogP contribution in [-0.4, -0.2) is 6.54 Å². The van der Waals surface area contributed by atoms with Crippen LogP contribution in [0.4, 0.5) is 4.39 Å². The number of hydrogen-bond acceptors (Lipinski definition) is 2. The summed E-state index contributed by atoms with van der Waals surface area (Å²) in [5.74, 6) is -0.402. The van der Waals surface area contributed by atoms with Crippen molar-refractivity contribution in [1.82, 2.24) is 5.32 Å². The molecule has 4 heteroatoms. The highest BCUT2D eigenvalue weighted by Crippen LogP contribution is 2.18. The Morgan fingerprint density at radius 3 is 2.76 bits per heavy atom. The quantitative estimate of drug-likeness (QED) is 0.817. The maximum absolute atomic E-state index is 12.9. The molecule has 0 aliphatic heterocycles. The minimum Gasteiger partial charge on any atom is -0.313 e. The standard InChI is InChI=1S/C13H16ClFN2/c1-13(2,9-16)5-6-17-8-10-3-4-12(15)11(14)7-10/h3-4,7,17H,5-6,8H2,1-2H3. The monoisotopic (exact) mass is 254 g/mol. The van der Waals surface area contributed by atoms with Gasteiger partial charge in [-0.15, -0.1) is 0 Å². The van der Waals surface area contributed by atoms with Crippen LogP contribution in [0.3, 0.4) is 0 Å². The first-order chi connectivity index (χ1) is 7.94. The van der Waals surface area contributed by atoms with Gasteiger partial charge in [0, 0.05) is 6.54 Å². The molecule has 0 radical (unpaired) electrons. The highest BCUT2D eigenvalue weighted by atomic mass is 35.5. The third kappa shape index (κ3) is 4.72. The first-order valence-corrected chi connectivity index (χ1v) is 5.88. The lowest BCUT2D eigenvalue weighted by Gasteiger charge is -2.15. The summed E-state index contributed by atoms with van der Waals surface area (Å²) in [5, 5.41) is 12.2. The van der Waals surface area contributed by atoms with Crippen LogP contribution in [0.5, 0.6) is 0 Å². The fourth-order valence-corrected chi connectivity index (χ4v) is 1.54. The van der Waals surface area contributed by atoms with Crippen molar-refractivity contribution in [2.45, 2.75) is 26.8 Å². The van der Waals surface area contributed by atoms with Crippen molar-refractivity contribution >= 4 is 11.6 Å². The predicted molar refractivity (Wildman–Crippen MR) is 67.1 cm³/mol. The number of rotatable bonds is 5. The molecule has 0 fully saturated rings. The number of nitrogens with one attached hydrogen (secondary N) is 1. The van der Waals surface area contributed by atoms with E-state index in [0.29, 0.717) is 6.54 Å². The number of nitriles is 1. The van der Waals surface area contributed by atoms with Crippen molar-refractivity contribution < 1.29 is 4.39 Å². The highest BCUT2D eigenvalue weighted by Gasteiger charge is 2.15. The molecule has 2 nitrogen and oxygen atoms in total. The lowest BCUT2D eigenvalue weighted by Crippen LogP contribution is -2.21. The normalized spacial score (nSPS) is 11.2. The van der Waals surface area contributed by atoms with Crippen LogP contribution in [0.1, 0.15) is 25.8 Å². The molecule has 0 heterocycles. The van der Waals surface area contributed by atoms with Crippen molar-refractivity contribution in [2.24, 2.45) is 5.41 Å². The largest absolute Gasteiger partial charge is 0.313 e. The molecule has 1 aromatic rings. The van der Waals surface area contributed by atoms with E-state index < -0.39 is 5.82 Å². The van der Waals surface area contributed by atoms with E-state index in [0.717, 1.165) is 18.5 Å². The van der Waals surface area contributed by atoms with Crippen molar-refractivity contribution in [2.75, 3.05) is 6.54 Å². The highest BCUT2D eigenvalue weighted by molar-refractivity contribution is 6.30. The topological polar surface area (TPSA) is 35.8 Å². The van der Waals surface area contributed by atoms with Crippen molar-refractivity contribution in [1.29, 1.82) is 5.26 Å². The molecular weight excluding hydrogens is 239 g/mol. The van der Waals surface area contributed by atoms with Gasteiger partial charge in [0.1, 0.15) is 5.82 Å². The first kappa shape index (κ1) is 14.0. The molecule has 0 saturated carbocycles. The summed E-state index contributed by atoms with van der Waals surface area (Å²) < 4.78 is 12.9. The Hall–Kier alpha value is -1.11. The summed E-state index contributed by atoms with van der Waals surface area (Å²) in [6, 6.07) is 6.91. The smallest absolute Gasteiger partial charge is 0.141 e. The lowest BCUT2D eigenvalue weighted by atomic mass is 9.91. The second-order valence-electron chi connectivity index (χ2n) is 4.67. The minimum absolute atomic E-state index is 0.140. The van der Waals surface area contributed by atoms with Gasteiger partial charge < -0.3 is 5.32 Å². The van der Waals surface area contributed by atoms with E-state index >= 15 is 0 Å². The molecule has 92 valence electrons. The van der Waals surface area contributed by atoms with Crippen LogP contribution < -0.4 is 5.32 Å². The Labute approximate surface area is 106 Å². The van der Waals surface area contributed by atoms with Crippen LogP contribution in [0.2, 0.25) is 5.02 Å². The number of nitrogens with zero attached hydrogens (tertiary/aromatic N) is 1. The Morgan fingerprint density at radius 2 is 2.18 bits per heavy atom. The van der Waals surface area contributed by atoms with Gasteiger partial charge in [0.15, 0.2) is 0 Å². The molecule has 0 bridgehead atoms. The maximum Gasteiger partial charge on any atom is 0.141 e. The Kier molecular flexibility index (Phi) is 4.92. The molecule has 0 aliphatic carbocycles. The second kappa shape index (κ2) is 6.00. The van der Waals surface area contributed by atoms with Gasteiger partial charge in [0.2, 0.25) is 0 Å². The summed E-state index contributed by atoms with van der Waals surface area (Å²) in [4.78, 5) is 0. The van der Waals surface area contributed by atoms with E-state index in [9.17, 15) is 4.39 Å². The molecule has 0 aromatic heterocycles. The van der Waals surface area contributed by atoms with Crippen LogP contribution in [0.25, 0.3) is 0 Å². The summed E-state index contributed by atoms with van der Waals surface area (Å²) in [6.45, 7) is 5.18. The van der Waals surface area contributed by atoms with Gasteiger partial charge in [-0.3, -0.25) is 0 Å². The molecule has 0 unspecified atom stereocenters. The predicted octanol–water partition coefficient (Wildman–Crippen LogP) is 3.51. The average Bonchev–Trinajstić information content (AvgIpc) is 2.29. The van der Waals surface area contributed by atoms with E-state index in [1.807, 2.05) is 13.8 Å². The molecule has 0 saturated heterocycles. The van der Waals surface area contributed by atoms with Gasteiger partial charge in [-0.2, -0.15) is 5.26 Å².